The molecule has 0 fully saturated rings. The number of nitrogens with one attached hydrogen (secondary N) is 1. The molecule has 0 aliphatic carbocycles. The summed E-state index contributed by atoms with van der Waals surface area (Å²) in [5, 5.41) is 8.87. The Morgan fingerprint density at radius 1 is 0.900 bits per heavy atom. The smallest absolute Gasteiger partial charge is 0.353 e. The molecule has 3 aromatic rings. The minimum absolute atomic E-state index is 0.0899. The molecule has 0 bridgehead atoms. The second-order valence-electron chi connectivity index (χ2n) is 4.39. The number of hydrogen-bond donors (Lipinski definition) is 2. The van der Waals surface area contributed by atoms with E-state index >= 15 is 0 Å². The fourth-order valence-corrected chi connectivity index (χ4v) is 2.03. The number of aromatic amines is 1. The lowest BCUT2D eigenvalue weighted by Gasteiger charge is -2.02. The predicted octanol–water partition coefficient (Wildman–Crippen LogP) is 3.44. The third-order valence-electron chi connectivity index (χ3n) is 3.07. The van der Waals surface area contributed by atoms with E-state index in [1.54, 1.807) is 0 Å². The van der Waals surface area contributed by atoms with Gasteiger partial charge in [-0.25, -0.2) is 9.78 Å². The average Bonchev–Trinajstić information content (AvgIpc) is 2.98. The number of carboxylic acid groups (broad SMARTS) is 1. The van der Waals surface area contributed by atoms with Crippen LogP contribution in [0, 0.1) is 0 Å². The van der Waals surface area contributed by atoms with Crippen molar-refractivity contribution in [3.05, 3.63) is 66.5 Å². The van der Waals surface area contributed by atoms with Crippen LogP contribution in [-0.4, -0.2) is 21.0 Å². The van der Waals surface area contributed by atoms with Crippen LogP contribution in [0.2, 0.25) is 0 Å². The molecule has 20 heavy (non-hydrogen) atoms. The molecular weight excluding hydrogens is 252 g/mol. The van der Waals surface area contributed by atoms with Gasteiger partial charge in [0.1, 0.15) is 11.5 Å². The van der Waals surface area contributed by atoms with Crippen molar-refractivity contribution < 1.29 is 9.90 Å². The lowest BCUT2D eigenvalue weighted by atomic mass is 10.0. The third-order valence-corrected chi connectivity index (χ3v) is 3.07. The molecule has 3 rings (SSSR count). The molecule has 4 nitrogen and oxygen atoms in total. The predicted molar refractivity (Wildman–Crippen MR) is 76.4 cm³/mol. The van der Waals surface area contributed by atoms with Crippen molar-refractivity contribution in [2.24, 2.45) is 0 Å². The van der Waals surface area contributed by atoms with Crippen LogP contribution < -0.4 is 0 Å². The molecule has 0 aliphatic heterocycles. The highest BCUT2D eigenvalue weighted by Crippen LogP contribution is 2.23. The van der Waals surface area contributed by atoms with Gasteiger partial charge in [-0.15, -0.1) is 0 Å². The maximum Gasteiger partial charge on any atom is 0.353 e. The fourth-order valence-electron chi connectivity index (χ4n) is 2.03. The molecule has 0 atom stereocenters. The standard InChI is InChI=1S/C16H12N2O2/c19-16(20)14-10-17-15(18-14)13-8-6-12(7-9-13)11-4-2-1-3-5-11/h1-10H,(H,17,18)(H,19,20). The zero-order valence-electron chi connectivity index (χ0n) is 10.6. The summed E-state index contributed by atoms with van der Waals surface area (Å²) in [6.45, 7) is 0. The lowest BCUT2D eigenvalue weighted by molar-refractivity contribution is 0.0691. The molecule has 0 amide bonds. The van der Waals surface area contributed by atoms with E-state index in [-0.39, 0.29) is 5.69 Å². The van der Waals surface area contributed by atoms with Crippen LogP contribution in [-0.2, 0) is 0 Å². The summed E-state index contributed by atoms with van der Waals surface area (Å²) in [7, 11) is 0. The van der Waals surface area contributed by atoms with Crippen LogP contribution >= 0.6 is 0 Å². The van der Waals surface area contributed by atoms with Gasteiger partial charge in [-0.1, -0.05) is 54.6 Å². The highest BCUT2D eigenvalue weighted by atomic mass is 16.4. The number of carboxylic acids is 1. The molecule has 0 saturated carbocycles. The molecule has 98 valence electrons. The molecule has 4 heteroatoms. The Bertz CT molecular complexity index is 731. The van der Waals surface area contributed by atoms with E-state index in [1.807, 2.05) is 54.6 Å². The van der Waals surface area contributed by atoms with Crippen molar-refractivity contribution in [2.75, 3.05) is 0 Å². The van der Waals surface area contributed by atoms with E-state index in [4.69, 9.17) is 5.11 Å². The Morgan fingerprint density at radius 3 is 2.10 bits per heavy atom. The quantitative estimate of drug-likeness (QED) is 0.761. The minimum atomic E-state index is -1.01. The van der Waals surface area contributed by atoms with Crippen molar-refractivity contribution in [1.29, 1.82) is 0 Å². The monoisotopic (exact) mass is 264 g/mol. The zero-order valence-corrected chi connectivity index (χ0v) is 10.6. The molecule has 2 aromatic carbocycles. The van der Waals surface area contributed by atoms with Crippen LogP contribution in [0.3, 0.4) is 0 Å². The molecule has 1 aromatic heterocycles. The first-order chi connectivity index (χ1) is 9.74. The second kappa shape index (κ2) is 5.01. The summed E-state index contributed by atoms with van der Waals surface area (Å²) in [5.74, 6) is -0.452. The Morgan fingerprint density at radius 2 is 1.50 bits per heavy atom. The first-order valence-electron chi connectivity index (χ1n) is 6.18. The van der Waals surface area contributed by atoms with Crippen LogP contribution in [0.25, 0.3) is 22.5 Å². The summed E-state index contributed by atoms with van der Waals surface area (Å²) in [6.07, 6.45) is 1.32. The van der Waals surface area contributed by atoms with Gasteiger partial charge >= 0.3 is 5.97 Å². The molecule has 0 spiro atoms. The van der Waals surface area contributed by atoms with Gasteiger partial charge in [0.05, 0.1) is 6.20 Å². The van der Waals surface area contributed by atoms with E-state index in [0.29, 0.717) is 5.82 Å². The minimum Gasteiger partial charge on any atom is -0.477 e. The Kier molecular flexibility index (Phi) is 3.05. The number of carbonyl (C=O) groups is 1. The van der Waals surface area contributed by atoms with Gasteiger partial charge in [0.25, 0.3) is 0 Å². The summed E-state index contributed by atoms with van der Waals surface area (Å²) in [5.41, 5.74) is 3.20. The summed E-state index contributed by atoms with van der Waals surface area (Å²) < 4.78 is 0. The first kappa shape index (κ1) is 12.2. The van der Waals surface area contributed by atoms with Crippen molar-refractivity contribution in [1.82, 2.24) is 9.97 Å². The first-order valence-corrected chi connectivity index (χ1v) is 6.18. The van der Waals surface area contributed by atoms with E-state index in [1.165, 1.54) is 6.20 Å². The van der Waals surface area contributed by atoms with Crippen molar-refractivity contribution in [2.45, 2.75) is 0 Å². The number of hydrogen-bond acceptors (Lipinski definition) is 2. The lowest BCUT2D eigenvalue weighted by Crippen LogP contribution is -1.95. The largest absolute Gasteiger partial charge is 0.477 e. The number of aromatic nitrogens is 2. The molecule has 0 unspecified atom stereocenters. The number of imidazole rings is 1. The van der Waals surface area contributed by atoms with E-state index in [2.05, 4.69) is 9.97 Å². The van der Waals surface area contributed by atoms with E-state index < -0.39 is 5.97 Å². The number of benzene rings is 2. The maximum atomic E-state index is 10.8. The van der Waals surface area contributed by atoms with Gasteiger partial charge in [0, 0.05) is 5.56 Å². The highest BCUT2D eigenvalue weighted by Gasteiger charge is 2.08. The summed E-state index contributed by atoms with van der Waals surface area (Å²) >= 11 is 0. The molecule has 0 saturated heterocycles. The number of H-pyrrole nitrogens is 1. The highest BCUT2D eigenvalue weighted by molar-refractivity contribution is 5.86. The van der Waals surface area contributed by atoms with E-state index in [0.717, 1.165) is 16.7 Å². The molecular formula is C16H12N2O2. The van der Waals surface area contributed by atoms with Gasteiger partial charge in [-0.3, -0.25) is 0 Å². The third kappa shape index (κ3) is 2.31. The Labute approximate surface area is 115 Å². The summed E-state index contributed by atoms with van der Waals surface area (Å²) in [4.78, 5) is 17.7. The number of nitrogens with zero attached hydrogens (tertiary/aromatic N) is 1. The Hall–Kier alpha value is -2.88. The molecule has 0 radical (unpaired) electrons. The molecule has 0 aliphatic rings. The van der Waals surface area contributed by atoms with Gasteiger partial charge in [0.2, 0.25) is 0 Å². The van der Waals surface area contributed by atoms with E-state index in [9.17, 15) is 4.79 Å². The SMILES string of the molecule is O=C(O)c1cnc(-c2ccc(-c3ccccc3)cc2)[nH]1. The second-order valence-corrected chi connectivity index (χ2v) is 4.39. The van der Waals surface area contributed by atoms with Crippen molar-refractivity contribution in [3.63, 3.8) is 0 Å². The van der Waals surface area contributed by atoms with Crippen LogP contribution in [0.15, 0.2) is 60.8 Å². The fraction of sp³-hybridized carbons (Fsp3) is 0. The van der Waals surface area contributed by atoms with Gasteiger partial charge < -0.3 is 10.1 Å². The van der Waals surface area contributed by atoms with Crippen molar-refractivity contribution in [3.8, 4) is 22.5 Å². The maximum absolute atomic E-state index is 10.8. The van der Waals surface area contributed by atoms with Crippen LogP contribution in [0.5, 0.6) is 0 Å². The van der Waals surface area contributed by atoms with Gasteiger partial charge in [0.15, 0.2) is 0 Å². The normalized spacial score (nSPS) is 10.4. The molecule has 2 N–H and O–H groups in total. The molecule has 1 heterocycles. The zero-order chi connectivity index (χ0) is 13.9. The number of rotatable bonds is 3. The van der Waals surface area contributed by atoms with Gasteiger partial charge in [-0.2, -0.15) is 0 Å². The van der Waals surface area contributed by atoms with Gasteiger partial charge in [-0.05, 0) is 11.1 Å². The number of aromatic carboxylic acids is 1. The Balaban J connectivity index is 1.91. The van der Waals surface area contributed by atoms with Crippen LogP contribution in [0.1, 0.15) is 10.5 Å². The average molecular weight is 264 g/mol. The summed E-state index contributed by atoms with van der Waals surface area (Å²) in [6, 6.07) is 17.9. The van der Waals surface area contributed by atoms with Crippen LogP contribution in [0.4, 0.5) is 0 Å². The topological polar surface area (TPSA) is 66.0 Å². The van der Waals surface area contributed by atoms with Crippen molar-refractivity contribution >= 4 is 5.97 Å².